The molecule has 3 N–H and O–H groups in total. The third kappa shape index (κ3) is 7.96. The summed E-state index contributed by atoms with van der Waals surface area (Å²) in [6.45, 7) is 16.5. The molecule has 4 aromatic rings. The van der Waals surface area contributed by atoms with Gasteiger partial charge >= 0.3 is 6.03 Å². The molecule has 3 aromatic carbocycles. The van der Waals surface area contributed by atoms with Crippen LogP contribution in [-0.4, -0.2) is 42.3 Å². The fourth-order valence-corrected chi connectivity index (χ4v) is 5.89. The van der Waals surface area contributed by atoms with Crippen LogP contribution in [0.25, 0.3) is 0 Å². The molecule has 7 nitrogen and oxygen atoms in total. The first-order valence-electron chi connectivity index (χ1n) is 15.9. The Kier molecular flexibility index (Phi) is 9.37. The Bertz CT molecular complexity index is 1560. The van der Waals surface area contributed by atoms with Gasteiger partial charge < -0.3 is 25.5 Å². The lowest BCUT2D eigenvalue weighted by molar-refractivity contribution is 0.262. The number of pyridine rings is 1. The lowest BCUT2D eigenvalue weighted by atomic mass is 9.78. The number of piperazine rings is 1. The second-order valence-corrected chi connectivity index (χ2v) is 14.0. The zero-order chi connectivity index (χ0) is 32.2. The zero-order valence-electron chi connectivity index (χ0n) is 27.5. The van der Waals surface area contributed by atoms with E-state index in [0.717, 1.165) is 67.2 Å². The number of anilines is 4. The van der Waals surface area contributed by atoms with Gasteiger partial charge in [0.25, 0.3) is 0 Å². The number of aromatic hydroxyl groups is 1. The molecule has 1 aliphatic rings. The number of carbonyl (C=O) groups is 1. The Morgan fingerprint density at radius 1 is 0.756 bits per heavy atom. The summed E-state index contributed by atoms with van der Waals surface area (Å²) in [5.74, 6) is 1.31. The molecule has 0 bridgehead atoms. The third-order valence-corrected chi connectivity index (χ3v) is 8.47. The SMILES string of the molecule is CC(C)(C)c1cc(CCc2ccccc2NC(=O)Nc2ccc(N3CCN(c4ccccc4)CC3)nc2)cc(C(C)(C)C)c1O. The van der Waals surface area contributed by atoms with E-state index in [1.54, 1.807) is 6.20 Å². The number of hydrogen-bond donors (Lipinski definition) is 3. The predicted molar refractivity (Wildman–Crippen MR) is 187 cm³/mol. The molecule has 0 radical (unpaired) electrons. The van der Waals surface area contributed by atoms with Gasteiger partial charge in [0.1, 0.15) is 11.6 Å². The highest BCUT2D eigenvalue weighted by Gasteiger charge is 2.26. The quantitative estimate of drug-likeness (QED) is 0.198. The Morgan fingerprint density at radius 2 is 1.36 bits per heavy atom. The molecule has 1 saturated heterocycles. The summed E-state index contributed by atoms with van der Waals surface area (Å²) >= 11 is 0. The van der Waals surface area contributed by atoms with Crippen LogP contribution in [0.3, 0.4) is 0 Å². The summed E-state index contributed by atoms with van der Waals surface area (Å²) < 4.78 is 0. The van der Waals surface area contributed by atoms with Gasteiger partial charge in [0.2, 0.25) is 0 Å². The first-order chi connectivity index (χ1) is 21.4. The number of rotatable bonds is 7. The molecule has 0 aliphatic carbocycles. The lowest BCUT2D eigenvalue weighted by Gasteiger charge is -2.36. The van der Waals surface area contributed by atoms with Crippen molar-refractivity contribution in [3.63, 3.8) is 0 Å². The largest absolute Gasteiger partial charge is 0.507 e. The third-order valence-electron chi connectivity index (χ3n) is 8.47. The molecule has 0 saturated carbocycles. The van der Waals surface area contributed by atoms with E-state index >= 15 is 0 Å². The number of nitrogens with zero attached hydrogens (tertiary/aromatic N) is 3. The van der Waals surface area contributed by atoms with Gasteiger partial charge in [-0.15, -0.1) is 0 Å². The molecule has 1 aliphatic heterocycles. The van der Waals surface area contributed by atoms with Crippen LogP contribution in [0, 0.1) is 0 Å². The van der Waals surface area contributed by atoms with Crippen molar-refractivity contribution in [2.24, 2.45) is 0 Å². The summed E-state index contributed by atoms with van der Waals surface area (Å²) in [5.41, 5.74) is 6.47. The van der Waals surface area contributed by atoms with Crippen molar-refractivity contribution in [2.45, 2.75) is 65.2 Å². The fraction of sp³-hybridized carbons (Fsp3) is 0.368. The summed E-state index contributed by atoms with van der Waals surface area (Å²) in [6, 6.07) is 26.3. The number of para-hydroxylation sites is 2. The molecule has 236 valence electrons. The lowest BCUT2D eigenvalue weighted by Crippen LogP contribution is -2.46. The van der Waals surface area contributed by atoms with Gasteiger partial charge in [-0.05, 0) is 76.3 Å². The second-order valence-electron chi connectivity index (χ2n) is 14.0. The topological polar surface area (TPSA) is 80.7 Å². The van der Waals surface area contributed by atoms with E-state index in [4.69, 9.17) is 0 Å². The van der Waals surface area contributed by atoms with Gasteiger partial charge in [-0.1, -0.05) is 90.1 Å². The Hall–Kier alpha value is -4.52. The average molecular weight is 606 g/mol. The predicted octanol–water partition coefficient (Wildman–Crippen LogP) is 8.14. The minimum atomic E-state index is -0.303. The van der Waals surface area contributed by atoms with E-state index in [0.29, 0.717) is 11.4 Å². The summed E-state index contributed by atoms with van der Waals surface area (Å²) in [7, 11) is 0. The smallest absolute Gasteiger partial charge is 0.323 e. The first kappa shape index (κ1) is 31.9. The molecular formula is C38H47N5O2. The average Bonchev–Trinajstić information content (AvgIpc) is 3.01. The van der Waals surface area contributed by atoms with E-state index in [9.17, 15) is 9.90 Å². The highest BCUT2D eigenvalue weighted by atomic mass is 16.3. The second kappa shape index (κ2) is 13.2. The molecule has 0 unspecified atom stereocenters. The van der Waals surface area contributed by atoms with E-state index in [2.05, 4.69) is 109 Å². The van der Waals surface area contributed by atoms with Crippen LogP contribution in [0.1, 0.15) is 63.8 Å². The number of carbonyl (C=O) groups excluding carboxylic acids is 1. The van der Waals surface area contributed by atoms with Crippen molar-refractivity contribution in [2.75, 3.05) is 46.6 Å². The molecule has 45 heavy (non-hydrogen) atoms. The van der Waals surface area contributed by atoms with Crippen LogP contribution in [-0.2, 0) is 23.7 Å². The molecule has 2 heterocycles. The number of nitrogens with one attached hydrogen (secondary N) is 2. The van der Waals surface area contributed by atoms with Crippen molar-refractivity contribution in [3.8, 4) is 5.75 Å². The number of aromatic nitrogens is 1. The summed E-state index contributed by atoms with van der Waals surface area (Å²) in [4.78, 5) is 22.3. The van der Waals surface area contributed by atoms with Crippen LogP contribution >= 0.6 is 0 Å². The number of phenolic OH excluding ortho intramolecular Hbond substituents is 1. The minimum Gasteiger partial charge on any atom is -0.507 e. The van der Waals surface area contributed by atoms with Gasteiger partial charge in [0.15, 0.2) is 0 Å². The van der Waals surface area contributed by atoms with Gasteiger partial charge in [-0.2, -0.15) is 0 Å². The fourth-order valence-electron chi connectivity index (χ4n) is 5.89. The maximum atomic E-state index is 13.0. The summed E-state index contributed by atoms with van der Waals surface area (Å²) in [6.07, 6.45) is 3.26. The van der Waals surface area contributed by atoms with Gasteiger partial charge in [-0.3, -0.25) is 0 Å². The first-order valence-corrected chi connectivity index (χ1v) is 15.9. The van der Waals surface area contributed by atoms with Crippen LogP contribution in [0.4, 0.5) is 27.7 Å². The molecule has 7 heteroatoms. The van der Waals surface area contributed by atoms with Crippen molar-refractivity contribution >= 4 is 28.9 Å². The monoisotopic (exact) mass is 605 g/mol. The van der Waals surface area contributed by atoms with Gasteiger partial charge in [-0.25, -0.2) is 9.78 Å². The van der Waals surface area contributed by atoms with Crippen LogP contribution < -0.4 is 20.4 Å². The maximum absolute atomic E-state index is 13.0. The number of aryl methyl sites for hydroxylation is 2. The maximum Gasteiger partial charge on any atom is 0.323 e. The molecule has 1 aromatic heterocycles. The highest BCUT2D eigenvalue weighted by molar-refractivity contribution is 6.00. The van der Waals surface area contributed by atoms with E-state index in [-0.39, 0.29) is 16.9 Å². The Morgan fingerprint density at radius 3 is 1.96 bits per heavy atom. The van der Waals surface area contributed by atoms with Gasteiger partial charge in [0, 0.05) is 37.6 Å². The van der Waals surface area contributed by atoms with Crippen molar-refractivity contribution in [3.05, 3.63) is 107 Å². The highest BCUT2D eigenvalue weighted by Crippen LogP contribution is 2.40. The number of amides is 2. The van der Waals surface area contributed by atoms with Gasteiger partial charge in [0.05, 0.1) is 11.9 Å². The molecule has 5 rings (SSSR count). The van der Waals surface area contributed by atoms with E-state index in [1.807, 2.05) is 36.4 Å². The summed E-state index contributed by atoms with van der Waals surface area (Å²) in [5, 5.41) is 17.1. The van der Waals surface area contributed by atoms with Crippen LogP contribution in [0.5, 0.6) is 5.75 Å². The van der Waals surface area contributed by atoms with E-state index < -0.39 is 0 Å². The normalized spacial score (nSPS) is 13.9. The molecule has 0 spiro atoms. The molecule has 0 atom stereocenters. The van der Waals surface area contributed by atoms with Crippen molar-refractivity contribution in [1.29, 1.82) is 0 Å². The number of urea groups is 1. The number of hydrogen-bond acceptors (Lipinski definition) is 5. The van der Waals surface area contributed by atoms with Crippen molar-refractivity contribution < 1.29 is 9.90 Å². The van der Waals surface area contributed by atoms with Crippen LogP contribution in [0.2, 0.25) is 0 Å². The number of phenols is 1. The molecule has 2 amide bonds. The standard InChI is InChI=1S/C38H47N5O2/c1-37(2,3)31-24-27(25-32(35(31)44)38(4,5)6)16-17-28-12-10-11-15-33(28)41-36(45)40-29-18-19-34(39-26-29)43-22-20-42(21-23-43)30-13-8-7-9-14-30/h7-15,18-19,24-26,44H,16-17,20-23H2,1-6H3,(H2,40,41,45). The van der Waals surface area contributed by atoms with Crippen molar-refractivity contribution in [1.82, 2.24) is 4.98 Å². The Balaban J connectivity index is 1.20. The van der Waals surface area contributed by atoms with E-state index in [1.165, 1.54) is 11.3 Å². The zero-order valence-corrected chi connectivity index (χ0v) is 27.5. The minimum absolute atomic E-state index is 0.179. The van der Waals surface area contributed by atoms with Crippen LogP contribution in [0.15, 0.2) is 85.1 Å². The number of benzene rings is 3. The molecular weight excluding hydrogens is 558 g/mol. The Labute approximate surface area is 268 Å². The molecule has 1 fully saturated rings.